The lowest BCUT2D eigenvalue weighted by atomic mass is 9.91. The molecule has 0 atom stereocenters. The topological polar surface area (TPSA) is 24.1 Å². The summed E-state index contributed by atoms with van der Waals surface area (Å²) in [6.45, 7) is 0.599. The summed E-state index contributed by atoms with van der Waals surface area (Å²) >= 11 is 0. The van der Waals surface area contributed by atoms with Crippen molar-refractivity contribution in [2.24, 2.45) is 0 Å². The molecule has 0 aliphatic heterocycles. The highest BCUT2D eigenvalue weighted by molar-refractivity contribution is 5.64. The Bertz CT molecular complexity index is 619. The monoisotopic (exact) mass is 312 g/mol. The lowest BCUT2D eigenvalue weighted by Gasteiger charge is -2.29. The standard InChI is InChI=1S/C20H25FN2/c1-22-18-8-10-19(11-9-18)23-14-17-13-16(7-12-20(17)21)15-5-3-2-4-6-15/h2-7,12-13,18-19,22-23H,8-11,14H2,1H3. The number of rotatable bonds is 5. The summed E-state index contributed by atoms with van der Waals surface area (Å²) in [5.41, 5.74) is 2.95. The molecule has 0 unspecified atom stereocenters. The Balaban J connectivity index is 1.64. The summed E-state index contributed by atoms with van der Waals surface area (Å²) < 4.78 is 14.1. The molecule has 23 heavy (non-hydrogen) atoms. The molecule has 1 saturated carbocycles. The third kappa shape index (κ3) is 4.18. The SMILES string of the molecule is CNC1CCC(NCc2cc(-c3ccccc3)ccc2F)CC1. The van der Waals surface area contributed by atoms with Crippen LogP contribution < -0.4 is 10.6 Å². The van der Waals surface area contributed by atoms with Crippen LogP contribution in [-0.4, -0.2) is 19.1 Å². The summed E-state index contributed by atoms with van der Waals surface area (Å²) in [6, 6.07) is 16.7. The van der Waals surface area contributed by atoms with E-state index in [9.17, 15) is 4.39 Å². The van der Waals surface area contributed by atoms with Crippen LogP contribution in [0.2, 0.25) is 0 Å². The van der Waals surface area contributed by atoms with Crippen molar-refractivity contribution in [1.82, 2.24) is 10.6 Å². The molecular formula is C20H25FN2. The fraction of sp³-hybridized carbons (Fsp3) is 0.400. The fourth-order valence-electron chi connectivity index (χ4n) is 3.36. The Morgan fingerprint density at radius 3 is 2.30 bits per heavy atom. The van der Waals surface area contributed by atoms with Gasteiger partial charge in [0.25, 0.3) is 0 Å². The van der Waals surface area contributed by atoms with Gasteiger partial charge in [-0.1, -0.05) is 36.4 Å². The van der Waals surface area contributed by atoms with Gasteiger partial charge in [-0.15, -0.1) is 0 Å². The highest BCUT2D eigenvalue weighted by atomic mass is 19.1. The van der Waals surface area contributed by atoms with Crippen molar-refractivity contribution in [2.45, 2.75) is 44.3 Å². The molecule has 0 saturated heterocycles. The quantitative estimate of drug-likeness (QED) is 0.868. The fourth-order valence-corrected chi connectivity index (χ4v) is 3.36. The van der Waals surface area contributed by atoms with Crippen molar-refractivity contribution >= 4 is 0 Å². The maximum atomic E-state index is 14.1. The molecule has 0 bridgehead atoms. The van der Waals surface area contributed by atoms with Gasteiger partial charge in [-0.25, -0.2) is 4.39 Å². The predicted octanol–water partition coefficient (Wildman–Crippen LogP) is 4.11. The van der Waals surface area contributed by atoms with Crippen LogP contribution >= 0.6 is 0 Å². The van der Waals surface area contributed by atoms with Gasteiger partial charge in [0, 0.05) is 24.2 Å². The van der Waals surface area contributed by atoms with E-state index in [-0.39, 0.29) is 5.82 Å². The molecule has 3 rings (SSSR count). The van der Waals surface area contributed by atoms with E-state index in [1.54, 1.807) is 6.07 Å². The van der Waals surface area contributed by atoms with Crippen LogP contribution in [0.4, 0.5) is 4.39 Å². The van der Waals surface area contributed by atoms with E-state index in [2.05, 4.69) is 22.8 Å². The van der Waals surface area contributed by atoms with E-state index < -0.39 is 0 Å². The Kier molecular flexibility index (Phi) is 5.42. The summed E-state index contributed by atoms with van der Waals surface area (Å²) in [5.74, 6) is -0.124. The van der Waals surface area contributed by atoms with E-state index in [1.165, 1.54) is 12.8 Å². The minimum Gasteiger partial charge on any atom is -0.317 e. The van der Waals surface area contributed by atoms with Crippen LogP contribution in [0.3, 0.4) is 0 Å². The Morgan fingerprint density at radius 1 is 0.913 bits per heavy atom. The van der Waals surface area contributed by atoms with Crippen molar-refractivity contribution in [3.8, 4) is 11.1 Å². The zero-order chi connectivity index (χ0) is 16.1. The molecule has 2 N–H and O–H groups in total. The Labute approximate surface area is 138 Å². The number of hydrogen-bond acceptors (Lipinski definition) is 2. The van der Waals surface area contributed by atoms with Gasteiger partial charge in [0.1, 0.15) is 5.82 Å². The molecule has 1 aliphatic rings. The average Bonchev–Trinajstić information content (AvgIpc) is 2.62. The summed E-state index contributed by atoms with van der Waals surface area (Å²) in [6.07, 6.45) is 4.71. The highest BCUT2D eigenvalue weighted by Crippen LogP contribution is 2.23. The van der Waals surface area contributed by atoms with Crippen LogP contribution in [0.1, 0.15) is 31.2 Å². The number of halogens is 1. The minimum absolute atomic E-state index is 0.124. The molecule has 2 nitrogen and oxygen atoms in total. The number of hydrogen-bond donors (Lipinski definition) is 2. The average molecular weight is 312 g/mol. The first-order valence-corrected chi connectivity index (χ1v) is 8.51. The van der Waals surface area contributed by atoms with E-state index in [0.717, 1.165) is 29.5 Å². The predicted molar refractivity (Wildman–Crippen MR) is 93.8 cm³/mol. The molecule has 0 radical (unpaired) electrons. The van der Waals surface area contributed by atoms with Gasteiger partial charge < -0.3 is 10.6 Å². The van der Waals surface area contributed by atoms with Crippen molar-refractivity contribution in [3.63, 3.8) is 0 Å². The lowest BCUT2D eigenvalue weighted by molar-refractivity contribution is 0.316. The first kappa shape index (κ1) is 16.2. The third-order valence-electron chi connectivity index (χ3n) is 4.87. The second-order valence-corrected chi connectivity index (χ2v) is 6.39. The molecule has 2 aromatic rings. The maximum Gasteiger partial charge on any atom is 0.127 e. The highest BCUT2D eigenvalue weighted by Gasteiger charge is 2.19. The third-order valence-corrected chi connectivity index (χ3v) is 4.87. The van der Waals surface area contributed by atoms with Crippen molar-refractivity contribution < 1.29 is 4.39 Å². The molecule has 0 amide bonds. The molecule has 122 valence electrons. The smallest absolute Gasteiger partial charge is 0.127 e. The Morgan fingerprint density at radius 2 is 1.61 bits per heavy atom. The van der Waals surface area contributed by atoms with E-state index >= 15 is 0 Å². The van der Waals surface area contributed by atoms with E-state index in [1.807, 2.05) is 37.4 Å². The molecule has 1 fully saturated rings. The van der Waals surface area contributed by atoms with E-state index in [4.69, 9.17) is 0 Å². The second-order valence-electron chi connectivity index (χ2n) is 6.39. The van der Waals surface area contributed by atoms with Gasteiger partial charge in [0.2, 0.25) is 0 Å². The normalized spacial score (nSPS) is 21.3. The number of benzene rings is 2. The van der Waals surface area contributed by atoms with Crippen molar-refractivity contribution in [1.29, 1.82) is 0 Å². The van der Waals surface area contributed by atoms with Crippen LogP contribution in [0.25, 0.3) is 11.1 Å². The summed E-state index contributed by atoms with van der Waals surface area (Å²) in [5, 5.41) is 6.88. The summed E-state index contributed by atoms with van der Waals surface area (Å²) in [7, 11) is 2.03. The molecule has 2 aromatic carbocycles. The van der Waals surface area contributed by atoms with Gasteiger partial charge in [-0.05, 0) is 56.0 Å². The first-order chi connectivity index (χ1) is 11.3. The van der Waals surface area contributed by atoms with Gasteiger partial charge in [-0.2, -0.15) is 0 Å². The molecule has 0 aromatic heterocycles. The van der Waals surface area contributed by atoms with Crippen LogP contribution in [0, 0.1) is 5.82 Å². The van der Waals surface area contributed by atoms with Crippen molar-refractivity contribution in [3.05, 3.63) is 59.9 Å². The zero-order valence-corrected chi connectivity index (χ0v) is 13.7. The van der Waals surface area contributed by atoms with Crippen LogP contribution in [0.5, 0.6) is 0 Å². The van der Waals surface area contributed by atoms with Gasteiger partial charge in [0.05, 0.1) is 0 Å². The lowest BCUT2D eigenvalue weighted by Crippen LogP contribution is -2.38. The van der Waals surface area contributed by atoms with Gasteiger partial charge in [-0.3, -0.25) is 0 Å². The van der Waals surface area contributed by atoms with E-state index in [0.29, 0.717) is 18.6 Å². The molecule has 0 spiro atoms. The van der Waals surface area contributed by atoms with Crippen LogP contribution in [-0.2, 0) is 6.54 Å². The first-order valence-electron chi connectivity index (χ1n) is 8.51. The maximum absolute atomic E-state index is 14.1. The molecule has 0 heterocycles. The molecular weight excluding hydrogens is 287 g/mol. The Hall–Kier alpha value is -1.71. The van der Waals surface area contributed by atoms with Gasteiger partial charge >= 0.3 is 0 Å². The summed E-state index contributed by atoms with van der Waals surface area (Å²) in [4.78, 5) is 0. The zero-order valence-electron chi connectivity index (χ0n) is 13.7. The second kappa shape index (κ2) is 7.71. The largest absolute Gasteiger partial charge is 0.317 e. The molecule has 3 heteroatoms. The van der Waals surface area contributed by atoms with Crippen molar-refractivity contribution in [2.75, 3.05) is 7.05 Å². The van der Waals surface area contributed by atoms with Crippen LogP contribution in [0.15, 0.2) is 48.5 Å². The molecule has 1 aliphatic carbocycles. The number of nitrogens with one attached hydrogen (secondary N) is 2. The minimum atomic E-state index is -0.124. The van der Waals surface area contributed by atoms with Gasteiger partial charge in [0.15, 0.2) is 0 Å².